The second-order valence-electron chi connectivity index (χ2n) is 3.26. The Morgan fingerprint density at radius 1 is 0.938 bits per heavy atom. The van der Waals surface area contributed by atoms with Crippen LogP contribution in [0.2, 0.25) is 10.6 Å². The van der Waals surface area contributed by atoms with E-state index in [1.54, 1.807) is 0 Å². The van der Waals surface area contributed by atoms with Gasteiger partial charge in [-0.25, -0.2) is 0 Å². The first-order valence-electron chi connectivity index (χ1n) is 5.14. The standard InChI is InChI=1S/C9H14Cl2N4O/c10-7-13-8(11)15-9(14-7)12-5-3-1-2-4-6-16/h16H,1-6H2,(H,12,13,14,15). The summed E-state index contributed by atoms with van der Waals surface area (Å²) in [5, 5.41) is 11.8. The number of anilines is 1. The van der Waals surface area contributed by atoms with Gasteiger partial charge in [-0.05, 0) is 36.0 Å². The highest BCUT2D eigenvalue weighted by Gasteiger charge is 2.01. The van der Waals surface area contributed by atoms with Crippen molar-refractivity contribution in [2.24, 2.45) is 0 Å². The van der Waals surface area contributed by atoms with Crippen LogP contribution in [0.5, 0.6) is 0 Å². The summed E-state index contributed by atoms with van der Waals surface area (Å²) in [4.78, 5) is 11.4. The number of halogens is 2. The van der Waals surface area contributed by atoms with Gasteiger partial charge in [-0.2, -0.15) is 15.0 Å². The Balaban J connectivity index is 2.21. The molecule has 0 saturated heterocycles. The molecule has 1 heterocycles. The predicted molar refractivity (Wildman–Crippen MR) is 63.9 cm³/mol. The normalized spacial score (nSPS) is 10.4. The van der Waals surface area contributed by atoms with Gasteiger partial charge in [-0.3, -0.25) is 0 Å². The molecule has 0 amide bonds. The number of aromatic nitrogens is 3. The van der Waals surface area contributed by atoms with Crippen LogP contribution in [0.4, 0.5) is 5.95 Å². The molecule has 0 bridgehead atoms. The van der Waals surface area contributed by atoms with Crippen molar-refractivity contribution >= 4 is 29.2 Å². The summed E-state index contributed by atoms with van der Waals surface area (Å²) in [6.07, 6.45) is 3.92. The highest BCUT2D eigenvalue weighted by atomic mass is 35.5. The zero-order valence-electron chi connectivity index (χ0n) is 8.79. The Hall–Kier alpha value is -0.650. The maximum absolute atomic E-state index is 8.59. The minimum Gasteiger partial charge on any atom is -0.396 e. The van der Waals surface area contributed by atoms with Crippen molar-refractivity contribution in [3.63, 3.8) is 0 Å². The van der Waals surface area contributed by atoms with E-state index in [9.17, 15) is 0 Å². The maximum Gasteiger partial charge on any atom is 0.228 e. The second kappa shape index (κ2) is 7.60. The van der Waals surface area contributed by atoms with Gasteiger partial charge in [0.25, 0.3) is 0 Å². The molecule has 0 aliphatic carbocycles. The Morgan fingerprint density at radius 3 is 2.19 bits per heavy atom. The Kier molecular flexibility index (Phi) is 6.37. The molecule has 1 aromatic heterocycles. The van der Waals surface area contributed by atoms with E-state index < -0.39 is 0 Å². The molecule has 0 aromatic carbocycles. The van der Waals surface area contributed by atoms with Crippen molar-refractivity contribution in [2.75, 3.05) is 18.5 Å². The summed E-state index contributed by atoms with van der Waals surface area (Å²) in [6.45, 7) is 1.01. The van der Waals surface area contributed by atoms with Crippen LogP contribution in [-0.2, 0) is 0 Å². The van der Waals surface area contributed by atoms with E-state index in [4.69, 9.17) is 28.3 Å². The smallest absolute Gasteiger partial charge is 0.228 e. The Bertz CT molecular complexity index is 304. The average Bonchev–Trinajstić information content (AvgIpc) is 2.22. The molecule has 0 saturated carbocycles. The molecule has 0 atom stereocenters. The summed E-state index contributed by atoms with van der Waals surface area (Å²) >= 11 is 11.2. The van der Waals surface area contributed by atoms with Crippen molar-refractivity contribution in [3.8, 4) is 0 Å². The van der Waals surface area contributed by atoms with Gasteiger partial charge in [0.15, 0.2) is 0 Å². The number of nitrogens with one attached hydrogen (secondary N) is 1. The monoisotopic (exact) mass is 264 g/mol. The van der Waals surface area contributed by atoms with Crippen LogP contribution < -0.4 is 5.32 Å². The van der Waals surface area contributed by atoms with Gasteiger partial charge in [0, 0.05) is 13.2 Å². The fourth-order valence-electron chi connectivity index (χ4n) is 1.20. The number of hydrogen-bond donors (Lipinski definition) is 2. The van der Waals surface area contributed by atoms with Gasteiger partial charge in [-0.1, -0.05) is 12.8 Å². The summed E-state index contributed by atoms with van der Waals surface area (Å²) in [5.74, 6) is 0.396. The lowest BCUT2D eigenvalue weighted by Gasteiger charge is -2.04. The quantitative estimate of drug-likeness (QED) is 0.739. The fourth-order valence-corrected chi connectivity index (χ4v) is 1.56. The molecule has 2 N–H and O–H groups in total. The highest BCUT2D eigenvalue weighted by Crippen LogP contribution is 2.09. The van der Waals surface area contributed by atoms with Gasteiger partial charge in [-0.15, -0.1) is 0 Å². The van der Waals surface area contributed by atoms with E-state index in [-0.39, 0.29) is 17.2 Å². The summed E-state index contributed by atoms with van der Waals surface area (Å²) in [5.41, 5.74) is 0. The summed E-state index contributed by atoms with van der Waals surface area (Å²) in [7, 11) is 0. The predicted octanol–water partition coefficient (Wildman–Crippen LogP) is 2.14. The molecule has 0 unspecified atom stereocenters. The molecule has 7 heteroatoms. The van der Waals surface area contributed by atoms with Crippen LogP contribution >= 0.6 is 23.2 Å². The van der Waals surface area contributed by atoms with Crippen molar-refractivity contribution in [3.05, 3.63) is 10.6 Å². The number of unbranched alkanes of at least 4 members (excludes halogenated alkanes) is 3. The summed E-state index contributed by atoms with van der Waals surface area (Å²) in [6, 6.07) is 0. The molecule has 0 aliphatic heterocycles. The first-order chi connectivity index (χ1) is 7.72. The lowest BCUT2D eigenvalue weighted by Crippen LogP contribution is -2.06. The van der Waals surface area contributed by atoms with Crippen LogP contribution in [0, 0.1) is 0 Å². The lowest BCUT2D eigenvalue weighted by atomic mass is 10.2. The molecular formula is C9H14Cl2N4O. The minimum atomic E-state index is 0.0859. The third-order valence-corrected chi connectivity index (χ3v) is 2.29. The average molecular weight is 265 g/mol. The largest absolute Gasteiger partial charge is 0.396 e. The number of rotatable bonds is 7. The molecular weight excluding hydrogens is 251 g/mol. The first-order valence-corrected chi connectivity index (χ1v) is 5.90. The first kappa shape index (κ1) is 13.4. The van der Waals surface area contributed by atoms with Crippen molar-refractivity contribution in [1.29, 1.82) is 0 Å². The zero-order valence-corrected chi connectivity index (χ0v) is 10.3. The molecule has 0 radical (unpaired) electrons. The molecule has 1 rings (SSSR count). The molecule has 0 spiro atoms. The molecule has 0 fully saturated rings. The second-order valence-corrected chi connectivity index (χ2v) is 3.94. The maximum atomic E-state index is 8.59. The van der Waals surface area contributed by atoms with Gasteiger partial charge in [0.1, 0.15) is 0 Å². The van der Waals surface area contributed by atoms with E-state index >= 15 is 0 Å². The van der Waals surface area contributed by atoms with E-state index in [1.807, 2.05) is 0 Å². The van der Waals surface area contributed by atoms with Crippen molar-refractivity contribution < 1.29 is 5.11 Å². The number of aliphatic hydroxyl groups is 1. The number of nitrogens with zero attached hydrogens (tertiary/aromatic N) is 3. The number of hydrogen-bond acceptors (Lipinski definition) is 5. The molecule has 1 aromatic rings. The number of aliphatic hydroxyl groups excluding tert-OH is 1. The highest BCUT2D eigenvalue weighted by molar-refractivity contribution is 6.31. The van der Waals surface area contributed by atoms with Gasteiger partial charge in [0.05, 0.1) is 0 Å². The van der Waals surface area contributed by atoms with E-state index in [0.717, 1.165) is 32.2 Å². The van der Waals surface area contributed by atoms with Gasteiger partial charge in [0.2, 0.25) is 16.5 Å². The minimum absolute atomic E-state index is 0.0859. The fraction of sp³-hybridized carbons (Fsp3) is 0.667. The van der Waals surface area contributed by atoms with Crippen LogP contribution in [0.3, 0.4) is 0 Å². The molecule has 16 heavy (non-hydrogen) atoms. The third-order valence-electron chi connectivity index (χ3n) is 1.95. The molecule has 0 aliphatic rings. The van der Waals surface area contributed by atoms with Crippen molar-refractivity contribution in [1.82, 2.24) is 15.0 Å². The third kappa shape index (κ3) is 5.44. The lowest BCUT2D eigenvalue weighted by molar-refractivity contribution is 0.283. The SMILES string of the molecule is OCCCCCCNc1nc(Cl)nc(Cl)n1. The molecule has 5 nitrogen and oxygen atoms in total. The van der Waals surface area contributed by atoms with E-state index in [1.165, 1.54) is 0 Å². The molecule has 90 valence electrons. The van der Waals surface area contributed by atoms with Crippen LogP contribution in [0.15, 0.2) is 0 Å². The summed E-state index contributed by atoms with van der Waals surface area (Å²) < 4.78 is 0. The van der Waals surface area contributed by atoms with Gasteiger partial charge >= 0.3 is 0 Å². The zero-order chi connectivity index (χ0) is 11.8. The Labute approximate surface area is 104 Å². The van der Waals surface area contributed by atoms with Crippen LogP contribution in [0.25, 0.3) is 0 Å². The van der Waals surface area contributed by atoms with Crippen LogP contribution in [0.1, 0.15) is 25.7 Å². The van der Waals surface area contributed by atoms with E-state index in [2.05, 4.69) is 20.3 Å². The van der Waals surface area contributed by atoms with E-state index in [0.29, 0.717) is 5.95 Å². The van der Waals surface area contributed by atoms with Crippen molar-refractivity contribution in [2.45, 2.75) is 25.7 Å². The Morgan fingerprint density at radius 2 is 1.56 bits per heavy atom. The topological polar surface area (TPSA) is 70.9 Å². The van der Waals surface area contributed by atoms with Crippen LogP contribution in [-0.4, -0.2) is 33.2 Å². The van der Waals surface area contributed by atoms with Gasteiger partial charge < -0.3 is 10.4 Å².